The van der Waals surface area contributed by atoms with Gasteiger partial charge in [-0.15, -0.1) is 0 Å². The number of benzene rings is 2. The second-order valence-electron chi connectivity index (χ2n) is 4.87. The fourth-order valence-corrected chi connectivity index (χ4v) is 2.34. The number of nitro benzene ring substituents is 1. The predicted molar refractivity (Wildman–Crippen MR) is 85.8 cm³/mol. The van der Waals surface area contributed by atoms with E-state index in [1.54, 1.807) is 30.3 Å². The summed E-state index contributed by atoms with van der Waals surface area (Å²) in [6.07, 6.45) is 0.470. The molecule has 0 radical (unpaired) electrons. The summed E-state index contributed by atoms with van der Waals surface area (Å²) < 4.78 is 10.1. The molecule has 0 N–H and O–H groups in total. The van der Waals surface area contributed by atoms with Crippen molar-refractivity contribution in [1.29, 1.82) is 0 Å². The number of Topliss-reactive ketones (excluding diaryl/α,β-unsaturated/α-hetero) is 1. The van der Waals surface area contributed by atoms with E-state index in [0.29, 0.717) is 11.8 Å². The molecular weight excluding hydrogens is 314 g/mol. The van der Waals surface area contributed by atoms with Crippen molar-refractivity contribution in [3.63, 3.8) is 0 Å². The Bertz CT molecular complexity index is 772. The van der Waals surface area contributed by atoms with Gasteiger partial charge in [-0.25, -0.2) is 0 Å². The molecule has 0 aliphatic rings. The molecule has 124 valence electrons. The van der Waals surface area contributed by atoms with Gasteiger partial charge >= 0.3 is 0 Å². The Labute approximate surface area is 138 Å². The highest BCUT2D eigenvalue weighted by Gasteiger charge is 2.30. The van der Waals surface area contributed by atoms with Gasteiger partial charge in [0.25, 0.3) is 5.69 Å². The average Bonchev–Trinajstić information content (AvgIpc) is 2.61. The fourth-order valence-electron chi connectivity index (χ4n) is 2.34. The van der Waals surface area contributed by atoms with Gasteiger partial charge in [-0.1, -0.05) is 30.3 Å². The lowest BCUT2D eigenvalue weighted by molar-refractivity contribution is -0.385. The van der Waals surface area contributed by atoms with Crippen molar-refractivity contribution in [2.75, 3.05) is 14.2 Å². The molecular formula is C17H15NO6. The van der Waals surface area contributed by atoms with E-state index in [-0.39, 0.29) is 17.1 Å². The minimum atomic E-state index is -1.14. The molecule has 2 aromatic carbocycles. The highest BCUT2D eigenvalue weighted by Crippen LogP contribution is 2.36. The first kappa shape index (κ1) is 17.1. The van der Waals surface area contributed by atoms with Crippen molar-refractivity contribution in [3.05, 3.63) is 63.7 Å². The molecule has 0 unspecified atom stereocenters. The van der Waals surface area contributed by atoms with Crippen molar-refractivity contribution in [3.8, 4) is 11.5 Å². The first-order valence-electron chi connectivity index (χ1n) is 6.98. The zero-order valence-electron chi connectivity index (χ0n) is 13.1. The van der Waals surface area contributed by atoms with E-state index < -0.39 is 22.3 Å². The van der Waals surface area contributed by atoms with Gasteiger partial charge in [-0.3, -0.25) is 14.9 Å². The smallest absolute Gasteiger partial charge is 0.284 e. The molecule has 0 saturated heterocycles. The maximum Gasteiger partial charge on any atom is 0.284 e. The van der Waals surface area contributed by atoms with Gasteiger partial charge in [0.2, 0.25) is 0 Å². The van der Waals surface area contributed by atoms with Crippen molar-refractivity contribution in [2.45, 2.75) is 5.92 Å². The Balaban J connectivity index is 2.58. The van der Waals surface area contributed by atoms with Crippen LogP contribution in [0, 0.1) is 10.1 Å². The van der Waals surface area contributed by atoms with E-state index in [4.69, 9.17) is 9.47 Å². The highest BCUT2D eigenvalue weighted by atomic mass is 16.6. The third-order valence-electron chi connectivity index (χ3n) is 3.54. The molecule has 0 spiro atoms. The molecule has 0 aliphatic heterocycles. The van der Waals surface area contributed by atoms with Crippen molar-refractivity contribution < 1.29 is 24.0 Å². The quantitative estimate of drug-likeness (QED) is 0.255. The Morgan fingerprint density at radius 2 is 1.71 bits per heavy atom. The lowest BCUT2D eigenvalue weighted by Crippen LogP contribution is -2.16. The maximum absolute atomic E-state index is 12.7. The van der Waals surface area contributed by atoms with E-state index >= 15 is 0 Å². The number of methoxy groups -OCH3 is 2. The summed E-state index contributed by atoms with van der Waals surface area (Å²) in [7, 11) is 2.69. The second kappa shape index (κ2) is 7.36. The summed E-state index contributed by atoms with van der Waals surface area (Å²) in [6, 6.07) is 10.7. The van der Waals surface area contributed by atoms with Crippen LogP contribution in [0.3, 0.4) is 0 Å². The monoisotopic (exact) mass is 329 g/mol. The van der Waals surface area contributed by atoms with Crippen LogP contribution in [0.15, 0.2) is 42.5 Å². The molecule has 7 heteroatoms. The van der Waals surface area contributed by atoms with Gasteiger partial charge in [-0.2, -0.15) is 0 Å². The van der Waals surface area contributed by atoms with Crippen LogP contribution in [-0.2, 0) is 4.79 Å². The molecule has 1 atom stereocenters. The third kappa shape index (κ3) is 3.24. The molecule has 7 nitrogen and oxygen atoms in total. The SMILES string of the molecule is COc1cc(C(=O)[C@@H](C=O)c2ccccc2)c([N+](=O)[O-])cc1OC. The lowest BCUT2D eigenvalue weighted by Gasteiger charge is -2.13. The van der Waals surface area contributed by atoms with Crippen LogP contribution in [0.25, 0.3) is 0 Å². The zero-order valence-corrected chi connectivity index (χ0v) is 13.1. The van der Waals surface area contributed by atoms with E-state index in [1.165, 1.54) is 20.3 Å². The molecule has 0 bridgehead atoms. The van der Waals surface area contributed by atoms with Gasteiger partial charge in [0, 0.05) is 6.07 Å². The fraction of sp³-hybridized carbons (Fsp3) is 0.176. The first-order chi connectivity index (χ1) is 11.5. The summed E-state index contributed by atoms with van der Waals surface area (Å²) in [4.78, 5) is 34.8. The largest absolute Gasteiger partial charge is 0.493 e. The Kier molecular flexibility index (Phi) is 5.26. The van der Waals surface area contributed by atoms with Gasteiger partial charge in [0.1, 0.15) is 17.8 Å². The van der Waals surface area contributed by atoms with Crippen LogP contribution < -0.4 is 9.47 Å². The highest BCUT2D eigenvalue weighted by molar-refractivity contribution is 6.12. The molecule has 0 fully saturated rings. The van der Waals surface area contributed by atoms with E-state index in [9.17, 15) is 19.7 Å². The molecule has 2 aromatic rings. The number of carbonyl (C=O) groups is 2. The predicted octanol–water partition coefficient (Wildman–Crippen LogP) is 2.78. The zero-order chi connectivity index (χ0) is 17.7. The molecule has 0 aromatic heterocycles. The minimum Gasteiger partial charge on any atom is -0.493 e. The number of rotatable bonds is 7. The number of nitro groups is 1. The lowest BCUT2D eigenvalue weighted by atomic mass is 9.91. The van der Waals surface area contributed by atoms with E-state index in [2.05, 4.69) is 0 Å². The number of hydrogen-bond acceptors (Lipinski definition) is 6. The topological polar surface area (TPSA) is 95.7 Å². The number of nitrogens with zero attached hydrogens (tertiary/aromatic N) is 1. The van der Waals surface area contributed by atoms with E-state index in [1.807, 2.05) is 0 Å². The van der Waals surface area contributed by atoms with Crippen molar-refractivity contribution in [1.82, 2.24) is 0 Å². The van der Waals surface area contributed by atoms with Crippen LogP contribution in [0.2, 0.25) is 0 Å². The van der Waals surface area contributed by atoms with Crippen LogP contribution in [0.4, 0.5) is 5.69 Å². The Morgan fingerprint density at radius 1 is 1.12 bits per heavy atom. The van der Waals surface area contributed by atoms with Crippen LogP contribution in [0.5, 0.6) is 11.5 Å². The number of carbonyl (C=O) groups excluding carboxylic acids is 2. The Morgan fingerprint density at radius 3 is 2.21 bits per heavy atom. The van der Waals surface area contributed by atoms with Gasteiger partial charge in [0.15, 0.2) is 17.3 Å². The normalized spacial score (nSPS) is 11.4. The van der Waals surface area contributed by atoms with Crippen molar-refractivity contribution in [2.24, 2.45) is 0 Å². The van der Waals surface area contributed by atoms with Gasteiger partial charge in [-0.05, 0) is 5.56 Å². The summed E-state index contributed by atoms with van der Waals surface area (Å²) in [5.41, 5.74) is -0.194. The van der Waals surface area contributed by atoms with Crippen LogP contribution in [-0.4, -0.2) is 31.2 Å². The summed E-state index contributed by atoms with van der Waals surface area (Å²) in [5, 5.41) is 11.3. The Hall–Kier alpha value is -3.22. The second-order valence-corrected chi connectivity index (χ2v) is 4.87. The molecule has 0 heterocycles. The van der Waals surface area contributed by atoms with Gasteiger partial charge in [0.05, 0.1) is 25.2 Å². The molecule has 24 heavy (non-hydrogen) atoms. The van der Waals surface area contributed by atoms with Crippen LogP contribution >= 0.6 is 0 Å². The average molecular weight is 329 g/mol. The number of hydrogen-bond donors (Lipinski definition) is 0. The molecule has 0 saturated carbocycles. The van der Waals surface area contributed by atoms with Crippen LogP contribution in [0.1, 0.15) is 21.8 Å². The third-order valence-corrected chi connectivity index (χ3v) is 3.54. The van der Waals surface area contributed by atoms with Gasteiger partial charge < -0.3 is 14.3 Å². The summed E-state index contributed by atoms with van der Waals surface area (Å²) >= 11 is 0. The van der Waals surface area contributed by atoms with E-state index in [0.717, 1.165) is 6.07 Å². The summed E-state index contributed by atoms with van der Waals surface area (Å²) in [6.45, 7) is 0. The number of ketones is 1. The molecule has 2 rings (SSSR count). The molecule has 0 amide bonds. The minimum absolute atomic E-state index is 0.128. The maximum atomic E-state index is 12.7. The molecule has 0 aliphatic carbocycles. The summed E-state index contributed by atoms with van der Waals surface area (Å²) in [5.74, 6) is -1.51. The van der Waals surface area contributed by atoms with Crippen molar-refractivity contribution >= 4 is 17.8 Å². The number of aldehydes is 1. The number of ether oxygens (including phenoxy) is 2. The standard InChI is InChI=1S/C17H15NO6/c1-23-15-8-12(14(18(21)22)9-16(15)24-2)17(20)13(10-19)11-6-4-3-5-7-11/h3-10,13H,1-2H3/t13-/m0/s1. The first-order valence-corrected chi connectivity index (χ1v) is 6.98.